The summed E-state index contributed by atoms with van der Waals surface area (Å²) < 4.78 is 7.73. The van der Waals surface area contributed by atoms with Crippen molar-refractivity contribution in [1.29, 1.82) is 5.26 Å². The molecule has 110 valence electrons. The fourth-order valence-electron chi connectivity index (χ4n) is 2.43. The molecule has 2 aromatic rings. The van der Waals surface area contributed by atoms with Gasteiger partial charge in [0.2, 0.25) is 0 Å². The van der Waals surface area contributed by atoms with E-state index >= 15 is 0 Å². The van der Waals surface area contributed by atoms with Crippen LogP contribution in [0, 0.1) is 18.3 Å². The number of aryl methyl sites for hydroxylation is 1. The molecule has 0 amide bonds. The molecule has 4 nitrogen and oxygen atoms in total. The van der Waals surface area contributed by atoms with Crippen molar-refractivity contribution in [1.82, 2.24) is 4.57 Å². The van der Waals surface area contributed by atoms with Gasteiger partial charge in [-0.1, -0.05) is 25.5 Å². The van der Waals surface area contributed by atoms with Gasteiger partial charge in [0.05, 0.1) is 12.2 Å². The molecule has 0 bridgehead atoms. The predicted octanol–water partition coefficient (Wildman–Crippen LogP) is 3.28. The van der Waals surface area contributed by atoms with Crippen LogP contribution in [0.1, 0.15) is 30.3 Å². The molecule has 1 heterocycles. The van der Waals surface area contributed by atoms with Crippen LogP contribution in [0.3, 0.4) is 0 Å². The zero-order chi connectivity index (χ0) is 15.2. The Balaban J connectivity index is 2.07. The number of nitrogen functional groups attached to an aromatic ring is 1. The SMILES string of the molecule is CCCc1c(N)cc(C#N)n1CCOc1cccc(C)c1. The van der Waals surface area contributed by atoms with Crippen molar-refractivity contribution in [3.8, 4) is 11.8 Å². The number of hydrogen-bond donors (Lipinski definition) is 1. The van der Waals surface area contributed by atoms with E-state index in [4.69, 9.17) is 10.5 Å². The highest BCUT2D eigenvalue weighted by Crippen LogP contribution is 2.20. The number of rotatable bonds is 6. The summed E-state index contributed by atoms with van der Waals surface area (Å²) in [6.45, 7) is 5.28. The Labute approximate surface area is 125 Å². The van der Waals surface area contributed by atoms with Gasteiger partial charge in [-0.15, -0.1) is 0 Å². The maximum atomic E-state index is 9.21. The zero-order valence-corrected chi connectivity index (χ0v) is 12.6. The van der Waals surface area contributed by atoms with E-state index in [-0.39, 0.29) is 0 Å². The van der Waals surface area contributed by atoms with Crippen LogP contribution in [0.2, 0.25) is 0 Å². The number of nitrogens with zero attached hydrogens (tertiary/aromatic N) is 2. The van der Waals surface area contributed by atoms with Crippen molar-refractivity contribution in [2.45, 2.75) is 33.2 Å². The minimum Gasteiger partial charge on any atom is -0.492 e. The van der Waals surface area contributed by atoms with Crippen molar-refractivity contribution in [2.75, 3.05) is 12.3 Å². The predicted molar refractivity (Wildman–Crippen MR) is 84.2 cm³/mol. The van der Waals surface area contributed by atoms with Gasteiger partial charge in [0.25, 0.3) is 0 Å². The molecule has 0 saturated carbocycles. The molecule has 0 aliphatic heterocycles. The number of nitrogens with two attached hydrogens (primary N) is 1. The number of aromatic nitrogens is 1. The van der Waals surface area contributed by atoms with Gasteiger partial charge in [-0.3, -0.25) is 0 Å². The third-order valence-corrected chi connectivity index (χ3v) is 3.42. The van der Waals surface area contributed by atoms with Crippen molar-refractivity contribution in [3.05, 3.63) is 47.3 Å². The number of ether oxygens (including phenoxy) is 1. The molecule has 0 fully saturated rings. The Bertz CT molecular complexity index is 653. The van der Waals surface area contributed by atoms with Crippen LogP contribution < -0.4 is 10.5 Å². The average molecular weight is 283 g/mol. The summed E-state index contributed by atoms with van der Waals surface area (Å²) in [6.07, 6.45) is 1.87. The highest BCUT2D eigenvalue weighted by Gasteiger charge is 2.12. The third-order valence-electron chi connectivity index (χ3n) is 3.42. The van der Waals surface area contributed by atoms with Gasteiger partial charge in [-0.05, 0) is 37.1 Å². The smallest absolute Gasteiger partial charge is 0.122 e. The topological polar surface area (TPSA) is 64.0 Å². The molecule has 0 atom stereocenters. The minimum absolute atomic E-state index is 0.517. The molecule has 0 aliphatic carbocycles. The molecule has 4 heteroatoms. The van der Waals surface area contributed by atoms with Crippen LogP contribution in [-0.4, -0.2) is 11.2 Å². The van der Waals surface area contributed by atoms with Crippen LogP contribution >= 0.6 is 0 Å². The van der Waals surface area contributed by atoms with Gasteiger partial charge < -0.3 is 15.0 Å². The zero-order valence-electron chi connectivity index (χ0n) is 12.6. The first-order valence-electron chi connectivity index (χ1n) is 7.23. The van der Waals surface area contributed by atoms with Gasteiger partial charge in [0, 0.05) is 5.69 Å². The second kappa shape index (κ2) is 6.85. The molecule has 0 unspecified atom stereocenters. The van der Waals surface area contributed by atoms with Crippen molar-refractivity contribution in [2.24, 2.45) is 0 Å². The molecule has 0 saturated heterocycles. The summed E-state index contributed by atoms with van der Waals surface area (Å²) in [5.41, 5.74) is 9.49. The molecule has 0 spiro atoms. The maximum Gasteiger partial charge on any atom is 0.122 e. The quantitative estimate of drug-likeness (QED) is 0.884. The van der Waals surface area contributed by atoms with Crippen LogP contribution in [-0.2, 0) is 13.0 Å². The monoisotopic (exact) mass is 283 g/mol. The van der Waals surface area contributed by atoms with Gasteiger partial charge in [-0.25, -0.2) is 0 Å². The van der Waals surface area contributed by atoms with Crippen LogP contribution in [0.5, 0.6) is 5.75 Å². The number of nitriles is 1. The summed E-state index contributed by atoms with van der Waals surface area (Å²) in [5.74, 6) is 0.852. The van der Waals surface area contributed by atoms with Crippen LogP contribution in [0.15, 0.2) is 30.3 Å². The summed E-state index contributed by atoms with van der Waals surface area (Å²) >= 11 is 0. The van der Waals surface area contributed by atoms with Gasteiger partial charge in [0.15, 0.2) is 0 Å². The second-order valence-corrected chi connectivity index (χ2v) is 5.11. The second-order valence-electron chi connectivity index (χ2n) is 5.11. The van der Waals surface area contributed by atoms with E-state index in [1.54, 1.807) is 6.07 Å². The highest BCUT2D eigenvalue weighted by atomic mass is 16.5. The first-order chi connectivity index (χ1) is 10.2. The summed E-state index contributed by atoms with van der Waals surface area (Å²) in [6, 6.07) is 11.9. The summed E-state index contributed by atoms with van der Waals surface area (Å²) in [5, 5.41) is 9.21. The number of benzene rings is 1. The third kappa shape index (κ3) is 3.57. The standard InChI is InChI=1S/C17H21N3O/c1-3-5-17-16(19)11-14(12-18)20(17)8-9-21-15-7-4-6-13(2)10-15/h4,6-7,10-11H,3,5,8-9,19H2,1-2H3. The molecule has 1 aromatic heterocycles. The van der Waals surface area contributed by atoms with E-state index < -0.39 is 0 Å². The molecular weight excluding hydrogens is 262 g/mol. The minimum atomic E-state index is 0.517. The fraction of sp³-hybridized carbons (Fsp3) is 0.353. The Morgan fingerprint density at radius 2 is 2.14 bits per heavy atom. The molecule has 21 heavy (non-hydrogen) atoms. The molecule has 0 radical (unpaired) electrons. The fourth-order valence-corrected chi connectivity index (χ4v) is 2.43. The van der Waals surface area contributed by atoms with Crippen LogP contribution in [0.4, 0.5) is 5.69 Å². The Kier molecular flexibility index (Phi) is 4.89. The van der Waals surface area contributed by atoms with Gasteiger partial charge in [-0.2, -0.15) is 5.26 Å². The number of hydrogen-bond acceptors (Lipinski definition) is 3. The average Bonchev–Trinajstić information content (AvgIpc) is 2.76. The molecule has 1 aromatic carbocycles. The largest absolute Gasteiger partial charge is 0.492 e. The van der Waals surface area contributed by atoms with Crippen LogP contribution in [0.25, 0.3) is 0 Å². The lowest BCUT2D eigenvalue weighted by molar-refractivity contribution is 0.296. The van der Waals surface area contributed by atoms with Gasteiger partial charge >= 0.3 is 0 Å². The van der Waals surface area contributed by atoms with Crippen molar-refractivity contribution < 1.29 is 4.74 Å². The van der Waals surface area contributed by atoms with E-state index in [1.165, 1.54) is 5.56 Å². The van der Waals surface area contributed by atoms with E-state index in [1.807, 2.05) is 35.8 Å². The summed E-state index contributed by atoms with van der Waals surface area (Å²) in [4.78, 5) is 0. The Morgan fingerprint density at radius 1 is 1.33 bits per heavy atom. The van der Waals surface area contributed by atoms with Gasteiger partial charge in [0.1, 0.15) is 24.1 Å². The van der Waals surface area contributed by atoms with E-state index in [0.717, 1.165) is 24.3 Å². The maximum absolute atomic E-state index is 9.21. The van der Waals surface area contributed by atoms with E-state index in [9.17, 15) is 5.26 Å². The van der Waals surface area contributed by atoms with Crippen molar-refractivity contribution >= 4 is 5.69 Å². The lowest BCUT2D eigenvalue weighted by Crippen LogP contribution is -2.13. The Hall–Kier alpha value is -2.41. The highest BCUT2D eigenvalue weighted by molar-refractivity contribution is 5.50. The molecule has 2 N–H and O–H groups in total. The normalized spacial score (nSPS) is 10.3. The number of anilines is 1. The van der Waals surface area contributed by atoms with E-state index in [2.05, 4.69) is 13.0 Å². The lowest BCUT2D eigenvalue weighted by atomic mass is 10.2. The summed E-state index contributed by atoms with van der Waals surface area (Å²) in [7, 11) is 0. The van der Waals surface area contributed by atoms with Crippen molar-refractivity contribution in [3.63, 3.8) is 0 Å². The first-order valence-corrected chi connectivity index (χ1v) is 7.23. The molecule has 0 aliphatic rings. The Morgan fingerprint density at radius 3 is 2.81 bits per heavy atom. The first kappa shape index (κ1) is 15.0. The lowest BCUT2D eigenvalue weighted by Gasteiger charge is -2.12. The molecular formula is C17H21N3O. The molecule has 2 rings (SSSR count). The van der Waals surface area contributed by atoms with E-state index in [0.29, 0.717) is 24.5 Å².